The largest absolute Gasteiger partial charge is 0.394 e. The van der Waals surface area contributed by atoms with Crippen molar-refractivity contribution in [2.45, 2.75) is 315 Å². The fraction of sp³-hybridized carbons (Fsp3) is 0.820. The fourth-order valence-corrected chi connectivity index (χ4v) is 8.92. The molecule has 2 atom stereocenters. The van der Waals surface area contributed by atoms with Crippen molar-refractivity contribution in [1.82, 2.24) is 5.32 Å². The van der Waals surface area contributed by atoms with Crippen molar-refractivity contribution in [3.63, 3.8) is 0 Å². The first kappa shape index (κ1) is 63.1. The van der Waals surface area contributed by atoms with Gasteiger partial charge in [0.2, 0.25) is 5.91 Å². The third kappa shape index (κ3) is 52.9. The number of hydrogen-bond donors (Lipinski definition) is 3. The molecule has 0 aromatic carbocycles. The second-order valence-electron chi connectivity index (χ2n) is 19.7. The van der Waals surface area contributed by atoms with Gasteiger partial charge in [-0.15, -0.1) is 0 Å². The third-order valence-electron chi connectivity index (χ3n) is 13.3. The Morgan fingerprint density at radius 3 is 1.02 bits per heavy atom. The number of hydrogen-bond acceptors (Lipinski definition) is 3. The van der Waals surface area contributed by atoms with E-state index in [4.69, 9.17) is 0 Å². The van der Waals surface area contributed by atoms with Gasteiger partial charge in [-0.25, -0.2) is 0 Å². The van der Waals surface area contributed by atoms with Crippen LogP contribution in [0.2, 0.25) is 0 Å². The van der Waals surface area contributed by atoms with Gasteiger partial charge >= 0.3 is 0 Å². The lowest BCUT2D eigenvalue weighted by atomic mass is 10.0. The van der Waals surface area contributed by atoms with E-state index in [1.165, 1.54) is 218 Å². The number of aliphatic hydroxyl groups is 2. The Morgan fingerprint density at radius 2 is 0.677 bits per heavy atom. The summed E-state index contributed by atoms with van der Waals surface area (Å²) in [6.45, 7) is 4.27. The zero-order valence-electron chi connectivity index (χ0n) is 43.8. The molecule has 0 aliphatic heterocycles. The van der Waals surface area contributed by atoms with Crippen molar-refractivity contribution in [1.29, 1.82) is 0 Å². The Kier molecular flexibility index (Phi) is 54.8. The lowest BCUT2D eigenvalue weighted by Crippen LogP contribution is -2.45. The van der Waals surface area contributed by atoms with Crippen molar-refractivity contribution < 1.29 is 15.0 Å². The van der Waals surface area contributed by atoms with E-state index in [2.05, 4.69) is 79.9 Å². The lowest BCUT2D eigenvalue weighted by molar-refractivity contribution is -0.123. The van der Waals surface area contributed by atoms with Gasteiger partial charge in [0.25, 0.3) is 0 Å². The minimum atomic E-state index is -0.663. The molecule has 0 aliphatic rings. The van der Waals surface area contributed by atoms with E-state index in [1.807, 2.05) is 0 Å². The molecule has 2 unspecified atom stereocenters. The fourth-order valence-electron chi connectivity index (χ4n) is 8.92. The molecular formula is C61H113NO3. The van der Waals surface area contributed by atoms with Crippen molar-refractivity contribution >= 4 is 5.91 Å². The zero-order chi connectivity index (χ0) is 47.0. The van der Waals surface area contributed by atoms with Gasteiger partial charge < -0.3 is 15.5 Å². The predicted molar refractivity (Wildman–Crippen MR) is 290 cm³/mol. The molecule has 380 valence electrons. The Balaban J connectivity index is 3.47. The molecule has 4 nitrogen and oxygen atoms in total. The van der Waals surface area contributed by atoms with Crippen molar-refractivity contribution in [2.24, 2.45) is 0 Å². The van der Waals surface area contributed by atoms with Gasteiger partial charge in [-0.3, -0.25) is 4.79 Å². The lowest BCUT2D eigenvalue weighted by Gasteiger charge is -2.22. The van der Waals surface area contributed by atoms with Crippen LogP contribution in [0.5, 0.6) is 0 Å². The number of rotatable bonds is 53. The Hall–Kier alpha value is -1.91. The topological polar surface area (TPSA) is 69.6 Å². The van der Waals surface area contributed by atoms with Gasteiger partial charge in [0.15, 0.2) is 0 Å². The first-order chi connectivity index (χ1) is 32.2. The summed E-state index contributed by atoms with van der Waals surface area (Å²) in [5.41, 5.74) is 0. The molecule has 0 radical (unpaired) electrons. The summed E-state index contributed by atoms with van der Waals surface area (Å²) in [5.74, 6) is -0.0307. The average molecular weight is 909 g/mol. The summed E-state index contributed by atoms with van der Waals surface area (Å²) in [6, 6.07) is -0.540. The smallest absolute Gasteiger partial charge is 0.220 e. The summed E-state index contributed by atoms with van der Waals surface area (Å²) < 4.78 is 0. The number of nitrogens with one attached hydrogen (secondary N) is 1. The quantitative estimate of drug-likeness (QED) is 0.0421. The first-order valence-electron chi connectivity index (χ1n) is 29.0. The van der Waals surface area contributed by atoms with Crippen molar-refractivity contribution in [3.05, 3.63) is 60.8 Å². The second kappa shape index (κ2) is 56.4. The zero-order valence-corrected chi connectivity index (χ0v) is 43.8. The van der Waals surface area contributed by atoms with E-state index in [0.717, 1.165) is 57.8 Å². The van der Waals surface area contributed by atoms with Crippen LogP contribution in [0.25, 0.3) is 0 Å². The number of aliphatic hydroxyl groups excluding tert-OH is 2. The normalized spacial score (nSPS) is 13.2. The molecule has 0 aromatic heterocycles. The number of amides is 1. The Morgan fingerprint density at radius 1 is 0.385 bits per heavy atom. The first-order valence-corrected chi connectivity index (χ1v) is 29.0. The standard InChI is InChI=1S/C61H113NO3/c1-3-5-7-9-11-13-15-17-19-21-23-25-27-29-30-31-32-33-35-37-39-41-43-45-47-49-51-53-55-57-61(65)62-59(58-63)60(64)56-54-52-50-48-46-44-42-40-38-36-34-28-26-24-22-20-18-16-14-12-10-8-6-4-2/h5,7,11,13,17,19,23,25,29-30,59-60,63-64H,3-4,6,8-10,12,14-16,18,20-22,24,26-28,31-58H2,1-2H3,(H,62,65)/b7-5-,13-11-,19-17-,25-23-,30-29-. The summed E-state index contributed by atoms with van der Waals surface area (Å²) in [7, 11) is 0. The average Bonchev–Trinajstić information content (AvgIpc) is 3.31. The van der Waals surface area contributed by atoms with Gasteiger partial charge in [0, 0.05) is 6.42 Å². The molecule has 0 aromatic rings. The van der Waals surface area contributed by atoms with Gasteiger partial charge in [-0.2, -0.15) is 0 Å². The van der Waals surface area contributed by atoms with E-state index >= 15 is 0 Å². The predicted octanol–water partition coefficient (Wildman–Crippen LogP) is 19.2. The molecule has 3 N–H and O–H groups in total. The molecule has 1 amide bonds. The van der Waals surface area contributed by atoms with Crippen LogP contribution in [-0.4, -0.2) is 34.9 Å². The van der Waals surface area contributed by atoms with Crippen molar-refractivity contribution in [2.75, 3.05) is 6.61 Å². The molecular weight excluding hydrogens is 795 g/mol. The Labute approximate surface area is 406 Å². The van der Waals surface area contributed by atoms with Crippen LogP contribution < -0.4 is 5.32 Å². The molecule has 0 aliphatic carbocycles. The molecule has 0 heterocycles. The molecule has 0 bridgehead atoms. The van der Waals surface area contributed by atoms with E-state index in [9.17, 15) is 15.0 Å². The van der Waals surface area contributed by atoms with Crippen LogP contribution in [-0.2, 0) is 4.79 Å². The van der Waals surface area contributed by atoms with E-state index in [-0.39, 0.29) is 12.5 Å². The van der Waals surface area contributed by atoms with Crippen LogP contribution >= 0.6 is 0 Å². The number of carbonyl (C=O) groups excluding carboxylic acids is 1. The summed E-state index contributed by atoms with van der Waals surface area (Å²) in [4.78, 5) is 12.5. The van der Waals surface area contributed by atoms with Crippen LogP contribution in [0.3, 0.4) is 0 Å². The monoisotopic (exact) mass is 908 g/mol. The SMILES string of the molecule is CC/C=C\C/C=C\C/C=C\C/C=C\C/C=C\CCCCCCCCCCCCCCCC(=O)NC(CO)C(O)CCCCCCCCCCCCCCCCCCCCCCCCCC. The van der Waals surface area contributed by atoms with Gasteiger partial charge in [0.05, 0.1) is 18.8 Å². The van der Waals surface area contributed by atoms with E-state index in [0.29, 0.717) is 12.8 Å². The number of unbranched alkanes of at least 4 members (excludes halogenated alkanes) is 36. The maximum absolute atomic E-state index is 12.5. The maximum atomic E-state index is 12.5. The highest BCUT2D eigenvalue weighted by Crippen LogP contribution is 2.18. The van der Waals surface area contributed by atoms with Crippen LogP contribution in [0, 0.1) is 0 Å². The molecule has 0 saturated carbocycles. The van der Waals surface area contributed by atoms with Gasteiger partial charge in [-0.05, 0) is 57.8 Å². The van der Waals surface area contributed by atoms with Gasteiger partial charge in [0.1, 0.15) is 0 Å². The summed E-state index contributed by atoms with van der Waals surface area (Å²) in [5, 5.41) is 23.4. The molecule has 0 spiro atoms. The number of carbonyl (C=O) groups is 1. The summed E-state index contributed by atoms with van der Waals surface area (Å²) in [6.07, 6.45) is 79.2. The molecule has 0 rings (SSSR count). The highest BCUT2D eigenvalue weighted by atomic mass is 16.3. The summed E-state index contributed by atoms with van der Waals surface area (Å²) >= 11 is 0. The van der Waals surface area contributed by atoms with Crippen molar-refractivity contribution in [3.8, 4) is 0 Å². The van der Waals surface area contributed by atoms with E-state index < -0.39 is 12.1 Å². The molecule has 65 heavy (non-hydrogen) atoms. The van der Waals surface area contributed by atoms with Gasteiger partial charge in [-0.1, -0.05) is 299 Å². The second-order valence-corrected chi connectivity index (χ2v) is 19.7. The maximum Gasteiger partial charge on any atom is 0.220 e. The molecule has 4 heteroatoms. The highest BCUT2D eigenvalue weighted by Gasteiger charge is 2.20. The number of allylic oxidation sites excluding steroid dienone is 10. The minimum Gasteiger partial charge on any atom is -0.394 e. The van der Waals surface area contributed by atoms with E-state index in [1.54, 1.807) is 0 Å². The van der Waals surface area contributed by atoms with Crippen LogP contribution in [0.1, 0.15) is 303 Å². The molecule has 0 saturated heterocycles. The third-order valence-corrected chi connectivity index (χ3v) is 13.3. The Bertz CT molecular complexity index is 1070. The minimum absolute atomic E-state index is 0.0307. The highest BCUT2D eigenvalue weighted by molar-refractivity contribution is 5.76. The molecule has 0 fully saturated rings. The van der Waals surface area contributed by atoms with Crippen LogP contribution in [0.15, 0.2) is 60.8 Å². The van der Waals surface area contributed by atoms with Crippen LogP contribution in [0.4, 0.5) is 0 Å².